The van der Waals surface area contributed by atoms with Crippen LogP contribution in [0.4, 0.5) is 0 Å². The lowest BCUT2D eigenvalue weighted by molar-refractivity contribution is 0.279. The smallest absolute Gasteiger partial charge is 0.324 e. The van der Waals surface area contributed by atoms with Gasteiger partial charge in [0, 0.05) is 10.8 Å². The second kappa shape index (κ2) is 6.39. The number of hydrogen-bond donors (Lipinski definition) is 0. The van der Waals surface area contributed by atoms with E-state index in [0.717, 1.165) is 21.8 Å². The van der Waals surface area contributed by atoms with Crippen molar-refractivity contribution in [2.24, 2.45) is 0 Å². The van der Waals surface area contributed by atoms with Gasteiger partial charge < -0.3 is 9.47 Å². The minimum atomic E-state index is 0.262. The van der Waals surface area contributed by atoms with Crippen molar-refractivity contribution in [3.8, 4) is 18.0 Å². The van der Waals surface area contributed by atoms with Crippen LogP contribution in [-0.2, 0) is 0 Å². The molecule has 25 heavy (non-hydrogen) atoms. The lowest BCUT2D eigenvalue weighted by atomic mass is 10.2. The second-order valence-corrected chi connectivity index (χ2v) is 5.44. The van der Waals surface area contributed by atoms with Crippen molar-refractivity contribution in [3.63, 3.8) is 0 Å². The molecule has 0 fully saturated rings. The van der Waals surface area contributed by atoms with Gasteiger partial charge in [0.15, 0.2) is 0 Å². The molecule has 0 radical (unpaired) electrons. The van der Waals surface area contributed by atoms with Gasteiger partial charge in [-0.15, -0.1) is 4.98 Å². The molecule has 0 aliphatic rings. The molecular weight excluding hydrogens is 316 g/mol. The average Bonchev–Trinajstić information content (AvgIpc) is 2.97. The predicted molar refractivity (Wildman–Crippen MR) is 96.5 cm³/mol. The topological polar surface area (TPSA) is 62.1 Å². The van der Waals surface area contributed by atoms with Gasteiger partial charge in [0.1, 0.15) is 0 Å². The fourth-order valence-corrected chi connectivity index (χ4v) is 2.95. The normalized spacial score (nSPS) is 11.1. The number of rotatable bonds is 5. The third-order valence-electron chi connectivity index (χ3n) is 3.91. The molecule has 6 heteroatoms. The molecule has 0 aliphatic carbocycles. The molecular formula is C19H18N4O2. The molecule has 0 aliphatic heterocycles. The van der Waals surface area contributed by atoms with E-state index < -0.39 is 0 Å². The molecule has 4 aromatic rings. The Morgan fingerprint density at radius 2 is 1.20 bits per heavy atom. The van der Waals surface area contributed by atoms with Crippen LogP contribution in [0.1, 0.15) is 13.8 Å². The Labute approximate surface area is 145 Å². The summed E-state index contributed by atoms with van der Waals surface area (Å²) in [6.07, 6.45) is 0. The zero-order valence-electron chi connectivity index (χ0n) is 14.1. The third-order valence-corrected chi connectivity index (χ3v) is 3.91. The quantitative estimate of drug-likeness (QED) is 0.556. The van der Waals surface area contributed by atoms with Crippen LogP contribution in [0.25, 0.3) is 27.8 Å². The van der Waals surface area contributed by atoms with Gasteiger partial charge in [0.2, 0.25) is 5.95 Å². The average molecular weight is 334 g/mol. The van der Waals surface area contributed by atoms with Crippen molar-refractivity contribution in [1.29, 1.82) is 0 Å². The van der Waals surface area contributed by atoms with Crippen molar-refractivity contribution in [1.82, 2.24) is 19.5 Å². The van der Waals surface area contributed by atoms with Crippen LogP contribution in [-0.4, -0.2) is 32.7 Å². The van der Waals surface area contributed by atoms with E-state index >= 15 is 0 Å². The molecule has 0 saturated heterocycles. The van der Waals surface area contributed by atoms with Crippen LogP contribution >= 0.6 is 0 Å². The first kappa shape index (κ1) is 15.4. The fraction of sp³-hybridized carbons (Fsp3) is 0.211. The maximum atomic E-state index is 5.50. The second-order valence-electron chi connectivity index (χ2n) is 5.44. The lowest BCUT2D eigenvalue weighted by Gasteiger charge is -2.09. The Morgan fingerprint density at radius 3 is 1.68 bits per heavy atom. The first-order chi connectivity index (χ1) is 12.3. The number of hydrogen-bond acceptors (Lipinski definition) is 5. The van der Waals surface area contributed by atoms with Gasteiger partial charge in [0.25, 0.3) is 0 Å². The molecule has 126 valence electrons. The Morgan fingerprint density at radius 1 is 0.720 bits per heavy atom. The van der Waals surface area contributed by atoms with E-state index in [9.17, 15) is 0 Å². The summed E-state index contributed by atoms with van der Waals surface area (Å²) in [6, 6.07) is 16.9. The predicted octanol–water partition coefficient (Wildman–Crippen LogP) is 3.77. The summed E-state index contributed by atoms with van der Waals surface area (Å²) in [5, 5.41) is 2.30. The van der Waals surface area contributed by atoms with Crippen LogP contribution in [0.15, 0.2) is 48.5 Å². The summed E-state index contributed by atoms with van der Waals surface area (Å²) in [5.41, 5.74) is 2.06. The zero-order valence-corrected chi connectivity index (χ0v) is 14.1. The highest BCUT2D eigenvalue weighted by Gasteiger charge is 2.16. The van der Waals surface area contributed by atoms with Gasteiger partial charge >= 0.3 is 12.0 Å². The molecule has 0 bridgehead atoms. The molecule has 2 aromatic heterocycles. The van der Waals surface area contributed by atoms with E-state index in [-0.39, 0.29) is 12.0 Å². The van der Waals surface area contributed by atoms with E-state index in [0.29, 0.717) is 19.2 Å². The van der Waals surface area contributed by atoms with Crippen molar-refractivity contribution in [3.05, 3.63) is 48.5 Å². The maximum Gasteiger partial charge on any atom is 0.324 e. The number of benzene rings is 2. The molecule has 0 N–H and O–H groups in total. The van der Waals surface area contributed by atoms with E-state index in [1.54, 1.807) is 0 Å². The molecule has 2 aromatic carbocycles. The Balaban J connectivity index is 2.03. The molecule has 2 heterocycles. The molecule has 0 saturated carbocycles. The first-order valence-corrected chi connectivity index (χ1v) is 8.32. The number of fused-ring (bicyclic) bond motifs is 3. The minimum Gasteiger partial charge on any atom is -0.464 e. The van der Waals surface area contributed by atoms with Crippen LogP contribution in [0, 0.1) is 0 Å². The lowest BCUT2D eigenvalue weighted by Crippen LogP contribution is -2.09. The van der Waals surface area contributed by atoms with Crippen LogP contribution in [0.3, 0.4) is 0 Å². The first-order valence-electron chi connectivity index (χ1n) is 8.32. The van der Waals surface area contributed by atoms with Crippen LogP contribution < -0.4 is 9.47 Å². The van der Waals surface area contributed by atoms with E-state index in [1.165, 1.54) is 0 Å². The summed E-state index contributed by atoms with van der Waals surface area (Å²) < 4.78 is 13.0. The van der Waals surface area contributed by atoms with E-state index in [4.69, 9.17) is 9.47 Å². The van der Waals surface area contributed by atoms with E-state index in [1.807, 2.05) is 42.7 Å². The van der Waals surface area contributed by atoms with Gasteiger partial charge in [-0.1, -0.05) is 36.4 Å². The fourth-order valence-electron chi connectivity index (χ4n) is 2.95. The van der Waals surface area contributed by atoms with Crippen molar-refractivity contribution in [2.75, 3.05) is 13.2 Å². The van der Waals surface area contributed by atoms with Gasteiger partial charge in [-0.05, 0) is 26.0 Å². The van der Waals surface area contributed by atoms with Crippen LogP contribution in [0.5, 0.6) is 12.0 Å². The van der Waals surface area contributed by atoms with Gasteiger partial charge in [-0.3, -0.25) is 4.57 Å². The highest BCUT2D eigenvalue weighted by molar-refractivity contribution is 6.08. The molecule has 6 nitrogen and oxygen atoms in total. The number of ether oxygens (including phenoxy) is 2. The molecule has 0 unspecified atom stereocenters. The van der Waals surface area contributed by atoms with E-state index in [2.05, 4.69) is 39.2 Å². The summed E-state index contributed by atoms with van der Waals surface area (Å²) in [7, 11) is 0. The highest BCUT2D eigenvalue weighted by atomic mass is 16.5. The monoisotopic (exact) mass is 334 g/mol. The number of aromatic nitrogens is 4. The summed E-state index contributed by atoms with van der Waals surface area (Å²) in [4.78, 5) is 13.2. The number of nitrogens with zero attached hydrogens (tertiary/aromatic N) is 4. The maximum absolute atomic E-state index is 5.50. The SMILES string of the molecule is CCOc1nc(OCC)nc(-n2c3ccccc3c3ccccc32)n1. The summed E-state index contributed by atoms with van der Waals surface area (Å²) in [5.74, 6) is 0.485. The Bertz CT molecular complexity index is 965. The largest absolute Gasteiger partial charge is 0.464 e. The summed E-state index contributed by atoms with van der Waals surface area (Å²) >= 11 is 0. The van der Waals surface area contributed by atoms with Crippen LogP contribution in [0.2, 0.25) is 0 Å². The minimum absolute atomic E-state index is 0.262. The standard InChI is InChI=1S/C19H18N4O2/c1-3-24-18-20-17(21-19(22-18)25-4-2)23-15-11-7-5-9-13(15)14-10-6-8-12-16(14)23/h5-12H,3-4H2,1-2H3. The molecule has 0 amide bonds. The van der Waals surface area contributed by atoms with Gasteiger partial charge in [-0.2, -0.15) is 9.97 Å². The van der Waals surface area contributed by atoms with Crippen molar-refractivity contribution < 1.29 is 9.47 Å². The number of para-hydroxylation sites is 2. The Kier molecular flexibility index (Phi) is 3.93. The van der Waals surface area contributed by atoms with Gasteiger partial charge in [-0.25, -0.2) is 0 Å². The summed E-state index contributed by atoms with van der Waals surface area (Å²) in [6.45, 7) is 4.74. The van der Waals surface area contributed by atoms with Crippen molar-refractivity contribution >= 4 is 21.8 Å². The molecule has 0 spiro atoms. The highest BCUT2D eigenvalue weighted by Crippen LogP contribution is 2.31. The zero-order chi connectivity index (χ0) is 17.2. The third kappa shape index (κ3) is 2.65. The molecule has 4 rings (SSSR count). The van der Waals surface area contributed by atoms with Gasteiger partial charge in [0.05, 0.1) is 24.2 Å². The van der Waals surface area contributed by atoms with Crippen molar-refractivity contribution in [2.45, 2.75) is 13.8 Å². The molecule has 0 atom stereocenters. The Hall–Kier alpha value is -3.15.